The van der Waals surface area contributed by atoms with E-state index < -0.39 is 0 Å². The van der Waals surface area contributed by atoms with E-state index in [1.807, 2.05) is 32.3 Å². The van der Waals surface area contributed by atoms with Gasteiger partial charge in [0.25, 0.3) is 0 Å². The van der Waals surface area contributed by atoms with E-state index in [1.165, 1.54) is 0 Å². The van der Waals surface area contributed by atoms with E-state index in [1.54, 1.807) is 10.9 Å². The molecule has 4 heteroatoms. The molecule has 0 aromatic carbocycles. The second-order valence-corrected chi connectivity index (χ2v) is 3.22. The van der Waals surface area contributed by atoms with Crippen molar-refractivity contribution in [2.45, 2.75) is 6.92 Å². The Morgan fingerprint density at radius 3 is 2.71 bits per heavy atom. The van der Waals surface area contributed by atoms with Crippen molar-refractivity contribution in [2.75, 3.05) is 5.73 Å². The number of anilines is 1. The summed E-state index contributed by atoms with van der Waals surface area (Å²) in [5, 5.41) is 4.15. The third kappa shape index (κ3) is 1.25. The first-order valence-electron chi connectivity index (χ1n) is 4.39. The second-order valence-electron chi connectivity index (χ2n) is 3.22. The minimum absolute atomic E-state index is 0.575. The van der Waals surface area contributed by atoms with Crippen LogP contribution in [0.2, 0.25) is 0 Å². The van der Waals surface area contributed by atoms with Gasteiger partial charge in [-0.1, -0.05) is 0 Å². The largest absolute Gasteiger partial charge is 0.382 e. The van der Waals surface area contributed by atoms with Gasteiger partial charge in [0.05, 0.1) is 5.69 Å². The van der Waals surface area contributed by atoms with Gasteiger partial charge < -0.3 is 5.73 Å². The second kappa shape index (κ2) is 3.14. The van der Waals surface area contributed by atoms with Crippen molar-refractivity contribution in [1.29, 1.82) is 0 Å². The molecule has 0 unspecified atom stereocenters. The number of pyridine rings is 1. The van der Waals surface area contributed by atoms with Crippen LogP contribution in [0.3, 0.4) is 0 Å². The number of nitrogens with two attached hydrogens (primary N) is 1. The minimum Gasteiger partial charge on any atom is -0.382 e. The van der Waals surface area contributed by atoms with Gasteiger partial charge in [-0.05, 0) is 19.1 Å². The highest BCUT2D eigenvalue weighted by Gasteiger charge is 2.10. The van der Waals surface area contributed by atoms with E-state index >= 15 is 0 Å². The number of rotatable bonds is 1. The average molecular weight is 188 g/mol. The standard InChI is InChI=1S/C10H12N4/c1-7-9(14(2)13-10(7)11)8-4-3-5-12-6-8/h3-6H,1-2H3,(H2,11,13). The van der Waals surface area contributed by atoms with E-state index in [0.29, 0.717) is 5.82 Å². The molecule has 0 fully saturated rings. The van der Waals surface area contributed by atoms with Crippen LogP contribution >= 0.6 is 0 Å². The van der Waals surface area contributed by atoms with Crippen molar-refractivity contribution in [3.8, 4) is 11.3 Å². The normalized spacial score (nSPS) is 10.4. The molecule has 0 saturated carbocycles. The molecule has 0 saturated heterocycles. The Morgan fingerprint density at radius 2 is 2.21 bits per heavy atom. The Balaban J connectivity index is 2.62. The molecule has 2 aromatic heterocycles. The molecule has 0 aliphatic carbocycles. The van der Waals surface area contributed by atoms with E-state index in [2.05, 4.69) is 10.1 Å². The molecule has 14 heavy (non-hydrogen) atoms. The lowest BCUT2D eigenvalue weighted by atomic mass is 10.1. The highest BCUT2D eigenvalue weighted by molar-refractivity contribution is 5.67. The first kappa shape index (κ1) is 8.74. The Bertz CT molecular complexity index is 445. The van der Waals surface area contributed by atoms with E-state index in [0.717, 1.165) is 16.8 Å². The quantitative estimate of drug-likeness (QED) is 0.735. The Kier molecular flexibility index (Phi) is 1.96. The number of hydrogen-bond donors (Lipinski definition) is 1. The summed E-state index contributed by atoms with van der Waals surface area (Å²) in [4.78, 5) is 4.07. The molecular formula is C10H12N4. The summed E-state index contributed by atoms with van der Waals surface area (Å²) < 4.78 is 1.78. The lowest BCUT2D eigenvalue weighted by molar-refractivity contribution is 0.779. The molecule has 0 aliphatic heterocycles. The molecule has 4 nitrogen and oxygen atoms in total. The fourth-order valence-electron chi connectivity index (χ4n) is 1.56. The Labute approximate surface area is 82.4 Å². The lowest BCUT2D eigenvalue weighted by Gasteiger charge is -2.01. The summed E-state index contributed by atoms with van der Waals surface area (Å²) in [5.74, 6) is 0.575. The molecule has 2 N–H and O–H groups in total. The first-order chi connectivity index (χ1) is 6.70. The van der Waals surface area contributed by atoms with E-state index in [-0.39, 0.29) is 0 Å². The number of nitrogen functional groups attached to an aromatic ring is 1. The van der Waals surface area contributed by atoms with Crippen molar-refractivity contribution in [3.63, 3.8) is 0 Å². The third-order valence-corrected chi connectivity index (χ3v) is 2.26. The summed E-state index contributed by atoms with van der Waals surface area (Å²) in [5.41, 5.74) is 8.79. The third-order valence-electron chi connectivity index (χ3n) is 2.26. The molecule has 0 atom stereocenters. The van der Waals surface area contributed by atoms with Gasteiger partial charge in [0.1, 0.15) is 5.82 Å². The average Bonchev–Trinajstić information content (AvgIpc) is 2.43. The molecule has 0 radical (unpaired) electrons. The molecule has 72 valence electrons. The van der Waals surface area contributed by atoms with Gasteiger partial charge in [-0.3, -0.25) is 9.67 Å². The molecular weight excluding hydrogens is 176 g/mol. The molecule has 2 aromatic rings. The zero-order valence-electron chi connectivity index (χ0n) is 8.23. The predicted molar refractivity (Wildman–Crippen MR) is 55.6 cm³/mol. The monoisotopic (exact) mass is 188 g/mol. The maximum Gasteiger partial charge on any atom is 0.148 e. The Hall–Kier alpha value is -1.84. The van der Waals surface area contributed by atoms with E-state index in [4.69, 9.17) is 5.73 Å². The van der Waals surface area contributed by atoms with Crippen LogP contribution < -0.4 is 5.73 Å². The van der Waals surface area contributed by atoms with Gasteiger partial charge in [0.2, 0.25) is 0 Å². The fraction of sp³-hybridized carbons (Fsp3) is 0.200. The van der Waals surface area contributed by atoms with Crippen LogP contribution in [0.4, 0.5) is 5.82 Å². The summed E-state index contributed by atoms with van der Waals surface area (Å²) >= 11 is 0. The number of hydrogen-bond acceptors (Lipinski definition) is 3. The van der Waals surface area contributed by atoms with Gasteiger partial charge in [-0.25, -0.2) is 0 Å². The van der Waals surface area contributed by atoms with Crippen molar-refractivity contribution in [2.24, 2.45) is 7.05 Å². The van der Waals surface area contributed by atoms with Crippen LogP contribution in [0.1, 0.15) is 5.56 Å². The molecule has 0 aliphatic rings. The highest BCUT2D eigenvalue weighted by Crippen LogP contribution is 2.25. The van der Waals surface area contributed by atoms with E-state index in [9.17, 15) is 0 Å². The van der Waals surface area contributed by atoms with Gasteiger partial charge in [0, 0.05) is 30.6 Å². The van der Waals surface area contributed by atoms with Crippen LogP contribution in [0.15, 0.2) is 24.5 Å². The van der Waals surface area contributed by atoms with Crippen molar-refractivity contribution in [1.82, 2.24) is 14.8 Å². The van der Waals surface area contributed by atoms with Gasteiger partial charge in [-0.2, -0.15) is 5.10 Å². The molecule has 0 bridgehead atoms. The van der Waals surface area contributed by atoms with Crippen molar-refractivity contribution in [3.05, 3.63) is 30.1 Å². The fourth-order valence-corrected chi connectivity index (χ4v) is 1.56. The SMILES string of the molecule is Cc1c(N)nn(C)c1-c1cccnc1. The zero-order valence-corrected chi connectivity index (χ0v) is 8.23. The topological polar surface area (TPSA) is 56.7 Å². The minimum atomic E-state index is 0.575. The molecule has 0 spiro atoms. The summed E-state index contributed by atoms with van der Waals surface area (Å²) in [6.07, 6.45) is 3.56. The first-order valence-corrected chi connectivity index (χ1v) is 4.39. The van der Waals surface area contributed by atoms with Gasteiger partial charge in [-0.15, -0.1) is 0 Å². The van der Waals surface area contributed by atoms with Crippen LogP contribution in [0.25, 0.3) is 11.3 Å². The van der Waals surface area contributed by atoms with Crippen LogP contribution in [0, 0.1) is 6.92 Å². The molecule has 0 amide bonds. The zero-order chi connectivity index (χ0) is 10.1. The maximum atomic E-state index is 5.73. The highest BCUT2D eigenvalue weighted by atomic mass is 15.3. The number of aryl methyl sites for hydroxylation is 1. The van der Waals surface area contributed by atoms with Gasteiger partial charge >= 0.3 is 0 Å². The summed E-state index contributed by atoms with van der Waals surface area (Å²) in [7, 11) is 1.88. The van der Waals surface area contributed by atoms with Gasteiger partial charge in [0.15, 0.2) is 0 Å². The smallest absolute Gasteiger partial charge is 0.148 e. The van der Waals surface area contributed by atoms with Crippen LogP contribution in [-0.4, -0.2) is 14.8 Å². The number of aromatic nitrogens is 3. The van der Waals surface area contributed by atoms with Crippen molar-refractivity contribution >= 4 is 5.82 Å². The maximum absolute atomic E-state index is 5.73. The molecule has 2 heterocycles. The summed E-state index contributed by atoms with van der Waals surface area (Å²) in [6.45, 7) is 1.96. The number of nitrogens with zero attached hydrogens (tertiary/aromatic N) is 3. The lowest BCUT2D eigenvalue weighted by Crippen LogP contribution is -1.94. The Morgan fingerprint density at radius 1 is 1.43 bits per heavy atom. The molecule has 2 rings (SSSR count). The van der Waals surface area contributed by atoms with Crippen LogP contribution in [-0.2, 0) is 7.05 Å². The van der Waals surface area contributed by atoms with Crippen molar-refractivity contribution < 1.29 is 0 Å². The predicted octanol–water partition coefficient (Wildman–Crippen LogP) is 1.37. The summed E-state index contributed by atoms with van der Waals surface area (Å²) in [6, 6.07) is 3.90. The van der Waals surface area contributed by atoms with Crippen LogP contribution in [0.5, 0.6) is 0 Å².